The Bertz CT molecular complexity index is 651. The molecular formula is C16H21ClN4S. The van der Waals surface area contributed by atoms with E-state index in [1.165, 1.54) is 10.4 Å². The molecule has 1 aromatic carbocycles. The van der Waals surface area contributed by atoms with Gasteiger partial charge in [-0.1, -0.05) is 23.7 Å². The van der Waals surface area contributed by atoms with Gasteiger partial charge in [0.25, 0.3) is 0 Å². The predicted molar refractivity (Wildman–Crippen MR) is 94.9 cm³/mol. The highest BCUT2D eigenvalue weighted by Crippen LogP contribution is 2.16. The summed E-state index contributed by atoms with van der Waals surface area (Å²) in [5.41, 5.74) is 2.30. The van der Waals surface area contributed by atoms with E-state index in [4.69, 9.17) is 11.6 Å². The summed E-state index contributed by atoms with van der Waals surface area (Å²) < 4.78 is 0. The van der Waals surface area contributed by atoms with Gasteiger partial charge in [-0.2, -0.15) is 0 Å². The summed E-state index contributed by atoms with van der Waals surface area (Å²) in [5, 5.41) is 8.50. The van der Waals surface area contributed by atoms with E-state index < -0.39 is 0 Å². The summed E-state index contributed by atoms with van der Waals surface area (Å²) in [6, 6.07) is 7.92. The molecule has 22 heavy (non-hydrogen) atoms. The molecule has 2 N–H and O–H groups in total. The maximum Gasteiger partial charge on any atom is 0.191 e. The topological polar surface area (TPSA) is 49.3 Å². The summed E-state index contributed by atoms with van der Waals surface area (Å²) in [5.74, 6) is 0.799. The zero-order valence-electron chi connectivity index (χ0n) is 13.1. The summed E-state index contributed by atoms with van der Waals surface area (Å²) in [6.45, 7) is 5.62. The summed E-state index contributed by atoms with van der Waals surface area (Å²) >= 11 is 7.70. The molecular weight excluding hydrogens is 316 g/mol. The van der Waals surface area contributed by atoms with Gasteiger partial charge in [0.15, 0.2) is 5.96 Å². The Labute approximate surface area is 140 Å². The van der Waals surface area contributed by atoms with E-state index >= 15 is 0 Å². The summed E-state index contributed by atoms with van der Waals surface area (Å²) in [7, 11) is 1.78. The molecule has 0 fully saturated rings. The Kier molecular flexibility index (Phi) is 6.21. The van der Waals surface area contributed by atoms with Crippen LogP contribution >= 0.6 is 22.9 Å². The van der Waals surface area contributed by atoms with Crippen molar-refractivity contribution in [1.82, 2.24) is 15.6 Å². The lowest BCUT2D eigenvalue weighted by atomic mass is 10.1. The molecule has 0 unspecified atom stereocenters. The molecule has 1 aromatic heterocycles. The Morgan fingerprint density at radius 2 is 2.14 bits per heavy atom. The van der Waals surface area contributed by atoms with Crippen molar-refractivity contribution >= 4 is 28.9 Å². The molecule has 0 radical (unpaired) electrons. The minimum Gasteiger partial charge on any atom is -0.356 e. The van der Waals surface area contributed by atoms with E-state index in [0.717, 1.165) is 41.2 Å². The molecule has 6 heteroatoms. The van der Waals surface area contributed by atoms with Crippen molar-refractivity contribution in [3.63, 3.8) is 0 Å². The first-order valence-corrected chi connectivity index (χ1v) is 8.40. The average Bonchev–Trinajstić information content (AvgIpc) is 2.80. The maximum atomic E-state index is 5.99. The monoisotopic (exact) mass is 336 g/mol. The van der Waals surface area contributed by atoms with Crippen LogP contribution in [-0.4, -0.2) is 24.5 Å². The Balaban J connectivity index is 1.79. The Morgan fingerprint density at radius 1 is 1.32 bits per heavy atom. The van der Waals surface area contributed by atoms with Crippen LogP contribution in [-0.2, 0) is 13.0 Å². The number of halogens is 1. The maximum absolute atomic E-state index is 5.99. The van der Waals surface area contributed by atoms with Gasteiger partial charge in [-0.25, -0.2) is 4.98 Å². The molecule has 0 atom stereocenters. The Hall–Kier alpha value is -1.59. The fourth-order valence-corrected chi connectivity index (χ4v) is 3.23. The summed E-state index contributed by atoms with van der Waals surface area (Å²) in [6.07, 6.45) is 0.903. The second-order valence-electron chi connectivity index (χ2n) is 4.97. The molecule has 0 bridgehead atoms. The molecule has 0 aliphatic heterocycles. The van der Waals surface area contributed by atoms with Crippen LogP contribution in [0, 0.1) is 13.8 Å². The van der Waals surface area contributed by atoms with Crippen LogP contribution in [0.3, 0.4) is 0 Å². The molecule has 2 aromatic rings. The molecule has 2 rings (SSSR count). The number of aromatic nitrogens is 1. The van der Waals surface area contributed by atoms with E-state index in [1.54, 1.807) is 18.4 Å². The van der Waals surface area contributed by atoms with Crippen LogP contribution in [0.4, 0.5) is 0 Å². The normalized spacial score (nSPS) is 11.5. The van der Waals surface area contributed by atoms with Crippen molar-refractivity contribution < 1.29 is 0 Å². The fraction of sp³-hybridized carbons (Fsp3) is 0.375. The van der Waals surface area contributed by atoms with Crippen LogP contribution < -0.4 is 10.6 Å². The van der Waals surface area contributed by atoms with Crippen molar-refractivity contribution in [3.8, 4) is 0 Å². The number of nitrogens with zero attached hydrogens (tertiary/aromatic N) is 2. The van der Waals surface area contributed by atoms with Crippen molar-refractivity contribution in [2.45, 2.75) is 26.8 Å². The smallest absolute Gasteiger partial charge is 0.191 e. The number of guanidine groups is 1. The Morgan fingerprint density at radius 3 is 2.77 bits per heavy atom. The zero-order valence-corrected chi connectivity index (χ0v) is 14.7. The lowest BCUT2D eigenvalue weighted by Crippen LogP contribution is -2.37. The van der Waals surface area contributed by atoms with Gasteiger partial charge in [0.05, 0.1) is 17.2 Å². The number of aliphatic imine (C=N–C) groups is 1. The first-order valence-electron chi connectivity index (χ1n) is 7.20. The number of hydrogen-bond acceptors (Lipinski definition) is 3. The number of thiazole rings is 1. The lowest BCUT2D eigenvalue weighted by molar-refractivity contribution is 0.796. The first kappa shape index (κ1) is 16.8. The third-order valence-electron chi connectivity index (χ3n) is 3.23. The average molecular weight is 337 g/mol. The van der Waals surface area contributed by atoms with Gasteiger partial charge in [-0.15, -0.1) is 11.3 Å². The van der Waals surface area contributed by atoms with Crippen LogP contribution in [0.15, 0.2) is 29.3 Å². The van der Waals surface area contributed by atoms with E-state index in [0.29, 0.717) is 0 Å². The van der Waals surface area contributed by atoms with Crippen molar-refractivity contribution in [1.29, 1.82) is 0 Å². The second kappa shape index (κ2) is 8.15. The van der Waals surface area contributed by atoms with Crippen LogP contribution in [0.1, 0.15) is 21.1 Å². The third kappa shape index (κ3) is 5.00. The van der Waals surface area contributed by atoms with Crippen molar-refractivity contribution in [2.75, 3.05) is 13.6 Å². The zero-order chi connectivity index (χ0) is 15.9. The highest BCUT2D eigenvalue weighted by Gasteiger charge is 2.05. The number of benzene rings is 1. The first-order chi connectivity index (χ1) is 10.6. The van der Waals surface area contributed by atoms with Crippen molar-refractivity contribution in [3.05, 3.63) is 50.4 Å². The van der Waals surface area contributed by atoms with Gasteiger partial charge in [-0.3, -0.25) is 4.99 Å². The molecule has 0 spiro atoms. The predicted octanol–water partition coefficient (Wildman–Crippen LogP) is 3.32. The van der Waals surface area contributed by atoms with Crippen LogP contribution in [0.25, 0.3) is 0 Å². The van der Waals surface area contributed by atoms with Gasteiger partial charge in [0, 0.05) is 23.5 Å². The van der Waals surface area contributed by atoms with Crippen LogP contribution in [0.2, 0.25) is 5.02 Å². The standard InChI is InChI=1S/C16H21ClN4S/c1-11-15(22-12(2)21-11)10-20-16(18-3)19-8-7-13-5-4-6-14(17)9-13/h4-6,9H,7-8,10H2,1-3H3,(H2,18,19,20). The molecule has 1 heterocycles. The molecule has 0 saturated carbocycles. The van der Waals surface area contributed by atoms with Crippen molar-refractivity contribution in [2.24, 2.45) is 4.99 Å². The highest BCUT2D eigenvalue weighted by atomic mass is 35.5. The van der Waals surface area contributed by atoms with E-state index in [1.807, 2.05) is 32.0 Å². The molecule has 4 nitrogen and oxygen atoms in total. The van der Waals surface area contributed by atoms with Gasteiger partial charge >= 0.3 is 0 Å². The highest BCUT2D eigenvalue weighted by molar-refractivity contribution is 7.11. The molecule has 0 saturated heterocycles. The lowest BCUT2D eigenvalue weighted by Gasteiger charge is -2.11. The second-order valence-corrected chi connectivity index (χ2v) is 6.70. The van der Waals surface area contributed by atoms with Gasteiger partial charge in [-0.05, 0) is 38.0 Å². The number of rotatable bonds is 5. The third-order valence-corrected chi connectivity index (χ3v) is 4.54. The minimum atomic E-state index is 0.744. The summed E-state index contributed by atoms with van der Waals surface area (Å²) in [4.78, 5) is 9.92. The SMILES string of the molecule is CN=C(NCCc1cccc(Cl)c1)NCc1sc(C)nc1C. The molecule has 0 aliphatic rings. The molecule has 118 valence electrons. The van der Waals surface area contributed by atoms with E-state index in [-0.39, 0.29) is 0 Å². The quantitative estimate of drug-likeness (QED) is 0.650. The van der Waals surface area contributed by atoms with E-state index in [2.05, 4.69) is 26.7 Å². The van der Waals surface area contributed by atoms with Gasteiger partial charge < -0.3 is 10.6 Å². The molecule has 0 amide bonds. The fourth-order valence-electron chi connectivity index (χ4n) is 2.14. The largest absolute Gasteiger partial charge is 0.356 e. The van der Waals surface area contributed by atoms with Gasteiger partial charge in [0.2, 0.25) is 0 Å². The molecule has 0 aliphatic carbocycles. The van der Waals surface area contributed by atoms with Gasteiger partial charge in [0.1, 0.15) is 0 Å². The van der Waals surface area contributed by atoms with E-state index in [9.17, 15) is 0 Å². The number of hydrogen-bond donors (Lipinski definition) is 2. The number of nitrogens with one attached hydrogen (secondary N) is 2. The van der Waals surface area contributed by atoms with Crippen LogP contribution in [0.5, 0.6) is 0 Å². The number of aryl methyl sites for hydroxylation is 2. The minimum absolute atomic E-state index is 0.744.